The number of nitrogens with zero attached hydrogens (tertiary/aromatic N) is 1. The van der Waals surface area contributed by atoms with E-state index in [2.05, 4.69) is 15.0 Å². The highest BCUT2D eigenvalue weighted by molar-refractivity contribution is 7.89. The summed E-state index contributed by atoms with van der Waals surface area (Å²) < 4.78 is 32.1. The van der Waals surface area contributed by atoms with Crippen molar-refractivity contribution in [3.63, 3.8) is 0 Å². The van der Waals surface area contributed by atoms with E-state index in [9.17, 15) is 8.42 Å². The standard InChI is InChI=1S/C11H17N3O3S/c1-12-10-5-2-6-13-11(10)18(15,16)14-8-9-4-3-7-17-9/h2,5-6,9,12,14H,3-4,7-8H2,1H3. The Balaban J connectivity index is 2.09. The zero-order valence-electron chi connectivity index (χ0n) is 10.2. The lowest BCUT2D eigenvalue weighted by atomic mass is 10.2. The van der Waals surface area contributed by atoms with Gasteiger partial charge in [-0.05, 0) is 25.0 Å². The normalized spacial score (nSPS) is 19.9. The second-order valence-corrected chi connectivity index (χ2v) is 5.78. The first-order valence-electron chi connectivity index (χ1n) is 5.87. The van der Waals surface area contributed by atoms with E-state index in [1.54, 1.807) is 19.2 Å². The summed E-state index contributed by atoms with van der Waals surface area (Å²) in [5, 5.41) is 2.84. The highest BCUT2D eigenvalue weighted by atomic mass is 32.2. The van der Waals surface area contributed by atoms with Crippen LogP contribution in [0.15, 0.2) is 23.4 Å². The molecular weight excluding hydrogens is 254 g/mol. The summed E-state index contributed by atoms with van der Waals surface area (Å²) >= 11 is 0. The minimum Gasteiger partial charge on any atom is -0.386 e. The number of sulfonamides is 1. The Bertz CT molecular complexity index is 498. The summed E-state index contributed by atoms with van der Waals surface area (Å²) in [6.07, 6.45) is 3.31. The molecule has 0 saturated carbocycles. The van der Waals surface area contributed by atoms with Crippen LogP contribution in [0.3, 0.4) is 0 Å². The van der Waals surface area contributed by atoms with E-state index in [0.29, 0.717) is 18.8 Å². The van der Waals surface area contributed by atoms with Crippen LogP contribution >= 0.6 is 0 Å². The fourth-order valence-corrected chi connectivity index (χ4v) is 3.07. The predicted molar refractivity (Wildman–Crippen MR) is 67.9 cm³/mol. The Kier molecular flexibility index (Phi) is 4.15. The van der Waals surface area contributed by atoms with Crippen molar-refractivity contribution >= 4 is 15.7 Å². The molecule has 1 fully saturated rings. The molecule has 0 aromatic carbocycles. The van der Waals surface area contributed by atoms with Gasteiger partial charge in [-0.25, -0.2) is 18.1 Å². The lowest BCUT2D eigenvalue weighted by Crippen LogP contribution is -2.32. The van der Waals surface area contributed by atoms with E-state index >= 15 is 0 Å². The van der Waals surface area contributed by atoms with Crippen LogP contribution in [0.1, 0.15) is 12.8 Å². The Morgan fingerprint density at radius 1 is 1.56 bits per heavy atom. The quantitative estimate of drug-likeness (QED) is 0.819. The predicted octanol–water partition coefficient (Wildman–Crippen LogP) is 0.581. The SMILES string of the molecule is CNc1cccnc1S(=O)(=O)NCC1CCCO1. The van der Waals surface area contributed by atoms with Gasteiger partial charge in [-0.2, -0.15) is 0 Å². The van der Waals surface area contributed by atoms with Gasteiger partial charge in [0.15, 0.2) is 5.03 Å². The van der Waals surface area contributed by atoms with Gasteiger partial charge in [0, 0.05) is 26.4 Å². The maximum absolute atomic E-state index is 12.1. The number of nitrogens with one attached hydrogen (secondary N) is 2. The van der Waals surface area contributed by atoms with Crippen molar-refractivity contribution in [2.45, 2.75) is 24.0 Å². The molecular formula is C11H17N3O3S. The topological polar surface area (TPSA) is 80.3 Å². The van der Waals surface area contributed by atoms with Gasteiger partial charge in [0.1, 0.15) is 0 Å². The zero-order valence-corrected chi connectivity index (χ0v) is 11.0. The molecule has 1 aliphatic rings. The molecule has 1 saturated heterocycles. The molecule has 2 N–H and O–H groups in total. The minimum atomic E-state index is -3.59. The molecule has 1 aliphatic heterocycles. The van der Waals surface area contributed by atoms with Gasteiger partial charge in [0.2, 0.25) is 0 Å². The molecule has 0 aliphatic carbocycles. The second kappa shape index (κ2) is 5.64. The van der Waals surface area contributed by atoms with E-state index in [1.165, 1.54) is 6.20 Å². The van der Waals surface area contributed by atoms with Gasteiger partial charge >= 0.3 is 0 Å². The Labute approximate surface area is 107 Å². The molecule has 1 aromatic rings. The third-order valence-corrected chi connectivity index (χ3v) is 4.20. The van der Waals surface area contributed by atoms with Crippen molar-refractivity contribution in [2.75, 3.05) is 25.5 Å². The lowest BCUT2D eigenvalue weighted by Gasteiger charge is -2.12. The minimum absolute atomic E-state index is 0.0190. The molecule has 1 atom stereocenters. The number of anilines is 1. The van der Waals surface area contributed by atoms with Crippen LogP contribution in [-0.4, -0.2) is 39.7 Å². The monoisotopic (exact) mass is 271 g/mol. The molecule has 6 nitrogen and oxygen atoms in total. The second-order valence-electron chi connectivity index (χ2n) is 4.09. The van der Waals surface area contributed by atoms with Crippen LogP contribution in [0.2, 0.25) is 0 Å². The highest BCUT2D eigenvalue weighted by Crippen LogP contribution is 2.17. The molecule has 0 bridgehead atoms. The summed E-state index contributed by atoms with van der Waals surface area (Å²) in [5.74, 6) is 0. The van der Waals surface area contributed by atoms with Crippen LogP contribution in [-0.2, 0) is 14.8 Å². The fraction of sp³-hybridized carbons (Fsp3) is 0.545. The van der Waals surface area contributed by atoms with Gasteiger partial charge in [0.05, 0.1) is 11.8 Å². The molecule has 1 unspecified atom stereocenters. The molecule has 0 amide bonds. The number of aromatic nitrogens is 1. The van der Waals surface area contributed by atoms with Crippen LogP contribution in [0.5, 0.6) is 0 Å². The molecule has 1 aromatic heterocycles. The summed E-state index contributed by atoms with van der Waals surface area (Å²) in [6.45, 7) is 1.000. The van der Waals surface area contributed by atoms with E-state index < -0.39 is 10.0 Å². The van der Waals surface area contributed by atoms with Gasteiger partial charge in [0.25, 0.3) is 10.0 Å². The Morgan fingerprint density at radius 2 is 2.39 bits per heavy atom. The van der Waals surface area contributed by atoms with Gasteiger partial charge < -0.3 is 10.1 Å². The number of hydrogen-bond acceptors (Lipinski definition) is 5. The maximum atomic E-state index is 12.1. The molecule has 2 heterocycles. The highest BCUT2D eigenvalue weighted by Gasteiger charge is 2.23. The molecule has 7 heteroatoms. The number of pyridine rings is 1. The molecule has 100 valence electrons. The molecule has 18 heavy (non-hydrogen) atoms. The molecule has 0 radical (unpaired) electrons. The summed E-state index contributed by atoms with van der Waals surface area (Å²) in [5.41, 5.74) is 0.484. The van der Waals surface area contributed by atoms with Crippen molar-refractivity contribution in [1.29, 1.82) is 0 Å². The number of rotatable bonds is 5. The van der Waals surface area contributed by atoms with Gasteiger partial charge in [-0.1, -0.05) is 0 Å². The Morgan fingerprint density at radius 3 is 3.06 bits per heavy atom. The smallest absolute Gasteiger partial charge is 0.260 e. The van der Waals surface area contributed by atoms with Crippen LogP contribution in [0.25, 0.3) is 0 Å². The van der Waals surface area contributed by atoms with Crippen LogP contribution in [0, 0.1) is 0 Å². The van der Waals surface area contributed by atoms with Gasteiger partial charge in [-0.3, -0.25) is 0 Å². The van der Waals surface area contributed by atoms with Gasteiger partial charge in [-0.15, -0.1) is 0 Å². The van der Waals surface area contributed by atoms with Crippen molar-refractivity contribution in [3.8, 4) is 0 Å². The lowest BCUT2D eigenvalue weighted by molar-refractivity contribution is 0.114. The summed E-state index contributed by atoms with van der Waals surface area (Å²) in [4.78, 5) is 3.91. The first-order chi connectivity index (χ1) is 8.63. The first-order valence-corrected chi connectivity index (χ1v) is 7.36. The molecule has 2 rings (SSSR count). The van der Waals surface area contributed by atoms with E-state index in [1.807, 2.05) is 0 Å². The van der Waals surface area contributed by atoms with Crippen molar-refractivity contribution in [2.24, 2.45) is 0 Å². The van der Waals surface area contributed by atoms with Crippen LogP contribution < -0.4 is 10.0 Å². The zero-order chi connectivity index (χ0) is 13.0. The van der Waals surface area contributed by atoms with Crippen LogP contribution in [0.4, 0.5) is 5.69 Å². The fourth-order valence-electron chi connectivity index (χ4n) is 1.87. The average molecular weight is 271 g/mol. The number of ether oxygens (including phenoxy) is 1. The van der Waals surface area contributed by atoms with E-state index in [-0.39, 0.29) is 11.1 Å². The third-order valence-electron chi connectivity index (χ3n) is 2.82. The third kappa shape index (κ3) is 2.98. The maximum Gasteiger partial charge on any atom is 0.260 e. The van der Waals surface area contributed by atoms with E-state index in [4.69, 9.17) is 4.74 Å². The average Bonchev–Trinajstić information content (AvgIpc) is 2.89. The van der Waals surface area contributed by atoms with Crippen molar-refractivity contribution in [1.82, 2.24) is 9.71 Å². The largest absolute Gasteiger partial charge is 0.386 e. The van der Waals surface area contributed by atoms with Crippen molar-refractivity contribution < 1.29 is 13.2 Å². The number of hydrogen-bond donors (Lipinski definition) is 2. The van der Waals surface area contributed by atoms with E-state index in [0.717, 1.165) is 12.8 Å². The Hall–Kier alpha value is -1.18. The summed E-state index contributed by atoms with van der Waals surface area (Å²) in [6, 6.07) is 3.36. The molecule has 0 spiro atoms. The van der Waals surface area contributed by atoms with Crippen molar-refractivity contribution in [3.05, 3.63) is 18.3 Å². The first kappa shape index (κ1) is 13.3. The summed E-state index contributed by atoms with van der Waals surface area (Å²) in [7, 11) is -1.93.